The molecule has 0 unspecified atom stereocenters. The number of carbonyl (C=O) groups excluding carboxylic acids is 1. The zero-order valence-corrected chi connectivity index (χ0v) is 17.3. The molecule has 0 atom stereocenters. The molecular weight excluding hydrogens is 396 g/mol. The van der Waals surface area contributed by atoms with Gasteiger partial charge in [-0.2, -0.15) is 0 Å². The Hall–Kier alpha value is -3.75. The molecule has 9 heteroatoms. The number of nitro groups is 1. The molecule has 2 aromatic carbocycles. The van der Waals surface area contributed by atoms with Crippen LogP contribution in [0.5, 0.6) is 0 Å². The van der Waals surface area contributed by atoms with Crippen LogP contribution in [0.25, 0.3) is 11.4 Å². The molecule has 3 aromatic rings. The molecular formula is C22H24N6O3. The molecule has 0 radical (unpaired) electrons. The van der Waals surface area contributed by atoms with Crippen LogP contribution in [0.2, 0.25) is 0 Å². The summed E-state index contributed by atoms with van der Waals surface area (Å²) in [5, 5.41) is 22.3. The van der Waals surface area contributed by atoms with Gasteiger partial charge in [0.25, 0.3) is 11.6 Å². The summed E-state index contributed by atoms with van der Waals surface area (Å²) in [6, 6.07) is 11.8. The van der Waals surface area contributed by atoms with E-state index in [0.717, 1.165) is 50.1 Å². The third-order valence-electron chi connectivity index (χ3n) is 5.47. The molecule has 1 aromatic heterocycles. The van der Waals surface area contributed by atoms with Gasteiger partial charge in [0.1, 0.15) is 6.33 Å². The summed E-state index contributed by atoms with van der Waals surface area (Å²) < 4.78 is 1.91. The molecule has 1 aliphatic heterocycles. The summed E-state index contributed by atoms with van der Waals surface area (Å²) in [5.41, 5.74) is 2.34. The fraction of sp³-hybridized carbons (Fsp3) is 0.318. The molecule has 0 spiro atoms. The lowest BCUT2D eigenvalue weighted by Crippen LogP contribution is -2.31. The van der Waals surface area contributed by atoms with E-state index in [1.54, 1.807) is 18.5 Å². The Kier molecular flexibility index (Phi) is 5.92. The van der Waals surface area contributed by atoms with E-state index >= 15 is 0 Å². The van der Waals surface area contributed by atoms with Gasteiger partial charge in [-0.3, -0.25) is 14.9 Å². The van der Waals surface area contributed by atoms with Crippen molar-refractivity contribution in [1.29, 1.82) is 0 Å². The number of benzene rings is 2. The van der Waals surface area contributed by atoms with E-state index in [1.165, 1.54) is 12.1 Å². The quantitative estimate of drug-likeness (QED) is 0.475. The largest absolute Gasteiger partial charge is 0.371 e. The lowest BCUT2D eigenvalue weighted by molar-refractivity contribution is -0.384. The number of hydrogen-bond acceptors (Lipinski definition) is 6. The van der Waals surface area contributed by atoms with Crippen molar-refractivity contribution in [2.45, 2.75) is 32.7 Å². The number of non-ortho nitro benzene ring substituents is 1. The third-order valence-corrected chi connectivity index (χ3v) is 5.47. The number of nitrogens with one attached hydrogen (secondary N) is 1. The third kappa shape index (κ3) is 4.40. The Labute approximate surface area is 179 Å². The van der Waals surface area contributed by atoms with Crippen LogP contribution >= 0.6 is 0 Å². The monoisotopic (exact) mass is 420 g/mol. The maximum Gasteiger partial charge on any atom is 0.270 e. The van der Waals surface area contributed by atoms with E-state index < -0.39 is 4.92 Å². The van der Waals surface area contributed by atoms with Crippen molar-refractivity contribution in [2.75, 3.05) is 23.3 Å². The second kappa shape index (κ2) is 8.95. The smallest absolute Gasteiger partial charge is 0.270 e. The highest BCUT2D eigenvalue weighted by Gasteiger charge is 2.22. The Morgan fingerprint density at radius 2 is 1.97 bits per heavy atom. The predicted molar refractivity (Wildman–Crippen MR) is 118 cm³/mol. The fourth-order valence-electron chi connectivity index (χ4n) is 3.87. The standard InChI is InChI=1S/C22H24N6O3/c1-2-26-15-23-25-21(26)16-7-6-8-17(13-16)24-22(29)19-14-18(28(30)31)9-10-20(19)27-11-4-3-5-12-27/h6-10,13-15H,2-5,11-12H2,1H3,(H,24,29). The van der Waals surface area contributed by atoms with Crippen LogP contribution in [0.15, 0.2) is 48.8 Å². The van der Waals surface area contributed by atoms with Gasteiger partial charge in [-0.1, -0.05) is 12.1 Å². The Morgan fingerprint density at radius 3 is 2.71 bits per heavy atom. The first kappa shape index (κ1) is 20.5. The van der Waals surface area contributed by atoms with E-state index in [0.29, 0.717) is 17.1 Å². The van der Waals surface area contributed by atoms with Gasteiger partial charge in [-0.15, -0.1) is 10.2 Å². The average Bonchev–Trinajstić information content (AvgIpc) is 3.28. The van der Waals surface area contributed by atoms with Crippen LogP contribution < -0.4 is 10.2 Å². The molecule has 0 saturated carbocycles. The van der Waals surface area contributed by atoms with E-state index in [2.05, 4.69) is 20.4 Å². The first-order valence-corrected chi connectivity index (χ1v) is 10.4. The molecule has 9 nitrogen and oxygen atoms in total. The number of aryl methyl sites for hydroxylation is 1. The van der Waals surface area contributed by atoms with Crippen molar-refractivity contribution >= 4 is 23.0 Å². The number of aromatic nitrogens is 3. The van der Waals surface area contributed by atoms with Gasteiger partial charge < -0.3 is 14.8 Å². The number of anilines is 2. The van der Waals surface area contributed by atoms with Crippen LogP contribution in [0.3, 0.4) is 0 Å². The maximum absolute atomic E-state index is 13.2. The summed E-state index contributed by atoms with van der Waals surface area (Å²) >= 11 is 0. The minimum atomic E-state index is -0.477. The Bertz CT molecular complexity index is 1100. The Balaban J connectivity index is 1.64. The number of piperidine rings is 1. The number of carbonyl (C=O) groups is 1. The molecule has 0 aliphatic carbocycles. The van der Waals surface area contributed by atoms with Gasteiger partial charge in [0.15, 0.2) is 5.82 Å². The molecule has 31 heavy (non-hydrogen) atoms. The summed E-state index contributed by atoms with van der Waals surface area (Å²) in [6.07, 6.45) is 4.89. The number of nitrogens with zero attached hydrogens (tertiary/aromatic N) is 5. The normalized spacial score (nSPS) is 13.8. The molecule has 160 valence electrons. The van der Waals surface area contributed by atoms with Crippen LogP contribution in [0, 0.1) is 10.1 Å². The minimum absolute atomic E-state index is 0.101. The zero-order chi connectivity index (χ0) is 21.8. The van der Waals surface area contributed by atoms with Crippen molar-refractivity contribution in [2.24, 2.45) is 0 Å². The zero-order valence-electron chi connectivity index (χ0n) is 17.3. The van der Waals surface area contributed by atoms with E-state index in [1.807, 2.05) is 29.7 Å². The molecule has 1 N–H and O–H groups in total. The molecule has 1 fully saturated rings. The minimum Gasteiger partial charge on any atom is -0.371 e. The van der Waals surface area contributed by atoms with Crippen LogP contribution in [-0.2, 0) is 6.54 Å². The van der Waals surface area contributed by atoms with Crippen molar-refractivity contribution < 1.29 is 9.72 Å². The molecule has 1 aliphatic rings. The molecule has 1 saturated heterocycles. The summed E-state index contributed by atoms with van der Waals surface area (Å²) in [7, 11) is 0. The van der Waals surface area contributed by atoms with Crippen molar-refractivity contribution in [1.82, 2.24) is 14.8 Å². The number of rotatable bonds is 6. The van der Waals surface area contributed by atoms with Gasteiger partial charge >= 0.3 is 0 Å². The maximum atomic E-state index is 13.2. The molecule has 0 bridgehead atoms. The fourth-order valence-corrected chi connectivity index (χ4v) is 3.87. The lowest BCUT2D eigenvalue weighted by Gasteiger charge is -2.30. The SMILES string of the molecule is CCn1cnnc1-c1cccc(NC(=O)c2cc([N+](=O)[O-])ccc2N2CCCCC2)c1. The van der Waals surface area contributed by atoms with Gasteiger partial charge in [0, 0.05) is 43.0 Å². The van der Waals surface area contributed by atoms with E-state index in [9.17, 15) is 14.9 Å². The molecule has 1 amide bonds. The number of hydrogen-bond donors (Lipinski definition) is 1. The highest BCUT2D eigenvalue weighted by atomic mass is 16.6. The van der Waals surface area contributed by atoms with Crippen LogP contribution in [0.1, 0.15) is 36.5 Å². The van der Waals surface area contributed by atoms with Gasteiger partial charge in [-0.25, -0.2) is 0 Å². The number of nitro benzene ring substituents is 1. The summed E-state index contributed by atoms with van der Waals surface area (Å²) in [5.74, 6) is 0.335. The lowest BCUT2D eigenvalue weighted by atomic mass is 10.1. The highest BCUT2D eigenvalue weighted by Crippen LogP contribution is 2.29. The van der Waals surface area contributed by atoms with Gasteiger partial charge in [-0.05, 0) is 44.4 Å². The predicted octanol–water partition coefficient (Wildman–Crippen LogP) is 4.12. The van der Waals surface area contributed by atoms with Crippen LogP contribution in [-0.4, -0.2) is 38.7 Å². The van der Waals surface area contributed by atoms with Crippen LogP contribution in [0.4, 0.5) is 17.1 Å². The highest BCUT2D eigenvalue weighted by molar-refractivity contribution is 6.08. The first-order chi connectivity index (χ1) is 15.1. The second-order valence-electron chi connectivity index (χ2n) is 7.48. The average molecular weight is 420 g/mol. The molecule has 4 rings (SSSR count). The van der Waals surface area contributed by atoms with Crippen molar-refractivity contribution in [3.63, 3.8) is 0 Å². The van der Waals surface area contributed by atoms with E-state index in [-0.39, 0.29) is 11.6 Å². The first-order valence-electron chi connectivity index (χ1n) is 10.4. The Morgan fingerprint density at radius 1 is 1.16 bits per heavy atom. The van der Waals surface area contributed by atoms with Gasteiger partial charge in [0.05, 0.1) is 16.2 Å². The molecule has 2 heterocycles. The topological polar surface area (TPSA) is 106 Å². The van der Waals surface area contributed by atoms with E-state index in [4.69, 9.17) is 0 Å². The van der Waals surface area contributed by atoms with Crippen molar-refractivity contribution in [3.8, 4) is 11.4 Å². The second-order valence-corrected chi connectivity index (χ2v) is 7.48. The summed E-state index contributed by atoms with van der Waals surface area (Å²) in [4.78, 5) is 26.1. The summed E-state index contributed by atoms with van der Waals surface area (Å²) in [6.45, 7) is 4.40. The number of amides is 1. The van der Waals surface area contributed by atoms with Crippen molar-refractivity contribution in [3.05, 3.63) is 64.5 Å². The van der Waals surface area contributed by atoms with Gasteiger partial charge in [0.2, 0.25) is 0 Å².